The van der Waals surface area contributed by atoms with Crippen molar-refractivity contribution in [2.45, 2.75) is 13.2 Å². The van der Waals surface area contributed by atoms with Crippen molar-refractivity contribution in [2.24, 2.45) is 0 Å². The molecule has 0 aromatic carbocycles. The summed E-state index contributed by atoms with van der Waals surface area (Å²) in [6, 6.07) is 0. The van der Waals surface area contributed by atoms with Crippen LogP contribution in [0.4, 0.5) is 0 Å². The Morgan fingerprint density at radius 3 is 2.81 bits per heavy atom. The molecule has 0 saturated heterocycles. The number of hydrogen-bond acceptors (Lipinski definition) is 4. The van der Waals surface area contributed by atoms with Gasteiger partial charge in [-0.3, -0.25) is 4.79 Å². The van der Waals surface area contributed by atoms with Gasteiger partial charge in [-0.15, -0.1) is 0 Å². The molecule has 1 aromatic rings. The zero-order valence-electron chi connectivity index (χ0n) is 9.17. The SMILES string of the molecule is CC(=O)/C=C(\O)c1cn(C[PH](C)=O)cn1.[Y]. The average molecular weight is 317 g/mol. The number of allylic oxidation sites excluding steroid dienone is 1. The summed E-state index contributed by atoms with van der Waals surface area (Å²) >= 11 is 0. The maximum atomic E-state index is 11.0. The molecule has 0 saturated carbocycles. The number of aliphatic hydroxyl groups is 1. The van der Waals surface area contributed by atoms with Gasteiger partial charge in [-0.05, 0) is 13.6 Å². The van der Waals surface area contributed by atoms with Crippen molar-refractivity contribution < 1.29 is 47.2 Å². The maximum absolute atomic E-state index is 11.0. The van der Waals surface area contributed by atoms with Gasteiger partial charge in [0, 0.05) is 45.0 Å². The first-order chi connectivity index (χ1) is 6.99. The van der Waals surface area contributed by atoms with E-state index >= 15 is 0 Å². The molecule has 0 bridgehead atoms. The first-order valence-electron chi connectivity index (χ1n) is 4.42. The zero-order valence-corrected chi connectivity index (χ0v) is 13.0. The van der Waals surface area contributed by atoms with Crippen LogP contribution in [-0.4, -0.2) is 27.1 Å². The van der Waals surface area contributed by atoms with Crippen LogP contribution in [0, 0.1) is 0 Å². The van der Waals surface area contributed by atoms with Gasteiger partial charge in [0.05, 0.1) is 20.4 Å². The van der Waals surface area contributed by atoms with Crippen LogP contribution < -0.4 is 0 Å². The summed E-state index contributed by atoms with van der Waals surface area (Å²) in [5.74, 6) is -0.414. The normalized spacial score (nSPS) is 13.0. The van der Waals surface area contributed by atoms with Crippen molar-refractivity contribution in [2.75, 3.05) is 6.66 Å². The standard InChI is InChI=1S/C9H13N2O3P.Y/c1-7(12)3-9(13)8-4-11(5-10-8)6-15(2)14;/h3-5,13,15H,6H2,1-2H3;/b9-3-;. The number of nitrogens with zero attached hydrogens (tertiary/aromatic N) is 2. The number of aromatic nitrogens is 2. The van der Waals surface area contributed by atoms with Crippen molar-refractivity contribution in [3.8, 4) is 0 Å². The van der Waals surface area contributed by atoms with Gasteiger partial charge in [0.1, 0.15) is 11.5 Å². The third-order valence-corrected chi connectivity index (χ3v) is 2.45. The predicted molar refractivity (Wildman–Crippen MR) is 58.4 cm³/mol. The molecule has 1 N–H and O–H groups in total. The van der Waals surface area contributed by atoms with E-state index in [9.17, 15) is 14.5 Å². The van der Waals surface area contributed by atoms with E-state index in [1.165, 1.54) is 13.3 Å². The number of carbonyl (C=O) groups is 1. The summed E-state index contributed by atoms with van der Waals surface area (Å²) in [6.45, 7) is 2.99. The molecule has 1 aromatic heterocycles. The fourth-order valence-electron chi connectivity index (χ4n) is 1.10. The van der Waals surface area contributed by atoms with Crippen LogP contribution in [0.25, 0.3) is 5.76 Å². The second-order valence-electron chi connectivity index (χ2n) is 3.27. The summed E-state index contributed by atoms with van der Waals surface area (Å²) in [5.41, 5.74) is 0.313. The second-order valence-corrected chi connectivity index (χ2v) is 4.99. The molecule has 0 fully saturated rings. The molecule has 7 heteroatoms. The largest absolute Gasteiger partial charge is 0.505 e. The van der Waals surface area contributed by atoms with Gasteiger partial charge >= 0.3 is 0 Å². The minimum absolute atomic E-state index is 0. The molecular formula is C9H13N2O3PY. The van der Waals surface area contributed by atoms with Crippen molar-refractivity contribution in [1.82, 2.24) is 9.55 Å². The molecule has 85 valence electrons. The minimum Gasteiger partial charge on any atom is -0.505 e. The topological polar surface area (TPSA) is 72.2 Å². The molecule has 1 rings (SSSR count). The number of carbonyl (C=O) groups excluding carboxylic acids is 1. The van der Waals surface area contributed by atoms with E-state index in [1.54, 1.807) is 17.4 Å². The molecule has 0 aliphatic rings. The van der Waals surface area contributed by atoms with Crippen molar-refractivity contribution in [3.05, 3.63) is 24.3 Å². The van der Waals surface area contributed by atoms with Crippen molar-refractivity contribution in [1.29, 1.82) is 0 Å². The fraction of sp³-hybridized carbons (Fsp3) is 0.333. The molecule has 1 radical (unpaired) electrons. The van der Waals surface area contributed by atoms with Crippen LogP contribution in [-0.2, 0) is 48.4 Å². The minimum atomic E-state index is -1.62. The van der Waals surface area contributed by atoms with Gasteiger partial charge in [-0.1, -0.05) is 0 Å². The second kappa shape index (κ2) is 7.15. The number of ketones is 1. The monoisotopic (exact) mass is 317 g/mol. The Morgan fingerprint density at radius 1 is 1.69 bits per heavy atom. The first kappa shape index (κ1) is 15.8. The molecule has 5 nitrogen and oxygen atoms in total. The molecule has 0 spiro atoms. The van der Waals surface area contributed by atoms with Crippen LogP contribution >= 0.6 is 7.80 Å². The summed E-state index contributed by atoms with van der Waals surface area (Å²) in [6.07, 6.45) is 4.53. The van der Waals surface area contributed by atoms with E-state index in [1.807, 2.05) is 0 Å². The predicted octanol–water partition coefficient (Wildman–Crippen LogP) is 1.52. The molecular weight excluding hydrogens is 304 g/mol. The Kier molecular flexibility index (Phi) is 7.04. The molecule has 16 heavy (non-hydrogen) atoms. The van der Waals surface area contributed by atoms with Crippen molar-refractivity contribution in [3.63, 3.8) is 0 Å². The summed E-state index contributed by atoms with van der Waals surface area (Å²) in [5, 5.41) is 9.43. The maximum Gasteiger partial charge on any atom is 0.156 e. The van der Waals surface area contributed by atoms with Gasteiger partial charge < -0.3 is 14.2 Å². The Bertz CT molecular complexity index is 428. The van der Waals surface area contributed by atoms with E-state index < -0.39 is 7.80 Å². The third-order valence-electron chi connectivity index (χ3n) is 1.64. The van der Waals surface area contributed by atoms with Crippen LogP contribution in [0.15, 0.2) is 18.6 Å². The van der Waals surface area contributed by atoms with Crippen molar-refractivity contribution >= 4 is 19.3 Å². The zero-order chi connectivity index (χ0) is 11.4. The summed E-state index contributed by atoms with van der Waals surface area (Å²) < 4.78 is 12.6. The smallest absolute Gasteiger partial charge is 0.156 e. The molecule has 1 unspecified atom stereocenters. The Labute approximate surface area is 120 Å². The Morgan fingerprint density at radius 2 is 2.31 bits per heavy atom. The summed E-state index contributed by atoms with van der Waals surface area (Å²) in [4.78, 5) is 14.6. The van der Waals surface area contributed by atoms with E-state index in [-0.39, 0.29) is 44.3 Å². The molecule has 0 aliphatic carbocycles. The van der Waals surface area contributed by atoms with Crippen LogP contribution in [0.2, 0.25) is 0 Å². The fourth-order valence-corrected chi connectivity index (χ4v) is 1.79. The number of hydrogen-bond donors (Lipinski definition) is 1. The van der Waals surface area contributed by atoms with Gasteiger partial charge in [-0.25, -0.2) is 4.98 Å². The molecule has 1 atom stereocenters. The van der Waals surface area contributed by atoms with Crippen LogP contribution in [0.3, 0.4) is 0 Å². The van der Waals surface area contributed by atoms with E-state index in [0.717, 1.165) is 6.08 Å². The molecule has 0 amide bonds. The number of rotatable bonds is 4. The quantitative estimate of drug-likeness (QED) is 0.519. The number of aliphatic hydroxyl groups excluding tert-OH is 1. The van der Waals surface area contributed by atoms with Gasteiger partial charge in [0.15, 0.2) is 5.78 Å². The van der Waals surface area contributed by atoms with Crippen LogP contribution in [0.1, 0.15) is 12.6 Å². The van der Waals surface area contributed by atoms with Crippen LogP contribution in [0.5, 0.6) is 0 Å². The third kappa shape index (κ3) is 5.19. The van der Waals surface area contributed by atoms with Gasteiger partial charge in [0.25, 0.3) is 0 Å². The van der Waals surface area contributed by atoms with E-state index in [0.29, 0.717) is 12.0 Å². The van der Waals surface area contributed by atoms with Gasteiger partial charge in [-0.2, -0.15) is 0 Å². The number of imidazole rings is 1. The molecule has 0 aliphatic heterocycles. The Hall–Kier alpha value is -0.246. The van der Waals surface area contributed by atoms with E-state index in [2.05, 4.69) is 4.98 Å². The molecule has 1 heterocycles. The average Bonchev–Trinajstić information content (AvgIpc) is 2.50. The van der Waals surface area contributed by atoms with E-state index in [4.69, 9.17) is 0 Å². The Balaban J connectivity index is 0.00000225. The van der Waals surface area contributed by atoms with Gasteiger partial charge in [0.2, 0.25) is 0 Å². The first-order valence-corrected chi connectivity index (χ1v) is 6.53. The summed E-state index contributed by atoms with van der Waals surface area (Å²) in [7, 11) is -1.62.